The molecule has 0 heterocycles. The van der Waals surface area contributed by atoms with Crippen LogP contribution in [0.2, 0.25) is 0 Å². The predicted octanol–water partition coefficient (Wildman–Crippen LogP) is 5.15. The summed E-state index contributed by atoms with van der Waals surface area (Å²) in [5.74, 6) is 0.411. The third kappa shape index (κ3) is 4.80. The number of anilines is 1. The minimum atomic E-state index is -4.25. The van der Waals surface area contributed by atoms with Crippen molar-refractivity contribution < 1.29 is 13.2 Å². The van der Waals surface area contributed by atoms with E-state index in [1.165, 1.54) is 6.07 Å². The number of hydrogen-bond acceptors (Lipinski definition) is 2. The van der Waals surface area contributed by atoms with Crippen LogP contribution in [0, 0.1) is 5.92 Å². The summed E-state index contributed by atoms with van der Waals surface area (Å²) in [5.41, 5.74) is -3.70. The van der Waals surface area contributed by atoms with E-state index in [9.17, 15) is 13.2 Å². The first kappa shape index (κ1) is 15.2. The molecule has 0 saturated carbocycles. The van der Waals surface area contributed by atoms with Crippen molar-refractivity contribution >= 4 is 17.4 Å². The van der Waals surface area contributed by atoms with Crippen LogP contribution in [-0.4, -0.2) is 11.6 Å². The fraction of sp³-hybridized carbons (Fsp3) is 0.538. The summed E-state index contributed by atoms with van der Waals surface area (Å²) in [4.78, 5) is 0.222. The number of thioether (sulfide) groups is 1. The van der Waals surface area contributed by atoms with Crippen molar-refractivity contribution in [1.82, 2.24) is 0 Å². The quantitative estimate of drug-likeness (QED) is 0.747. The molecule has 1 aromatic rings. The van der Waals surface area contributed by atoms with Crippen LogP contribution < -0.4 is 5.32 Å². The van der Waals surface area contributed by atoms with Crippen LogP contribution in [0.5, 0.6) is 0 Å². The van der Waals surface area contributed by atoms with E-state index >= 15 is 0 Å². The lowest BCUT2D eigenvalue weighted by atomic mass is 10.0. The van der Waals surface area contributed by atoms with Gasteiger partial charge in [0.25, 0.3) is 0 Å². The lowest BCUT2D eigenvalue weighted by Crippen LogP contribution is -2.23. The Morgan fingerprint density at radius 1 is 1.22 bits per heavy atom. The standard InChI is InChI=1S/C13H18F3NS/c1-4-9(2)10(3)17-11-7-5-6-8-12(11)18-13(14,15)16/h5-10,17H,4H2,1-3H3. The summed E-state index contributed by atoms with van der Waals surface area (Å²) in [6.07, 6.45) is 0.989. The third-order valence-electron chi connectivity index (χ3n) is 2.99. The van der Waals surface area contributed by atoms with Crippen LogP contribution in [0.3, 0.4) is 0 Å². The fourth-order valence-corrected chi connectivity index (χ4v) is 2.17. The highest BCUT2D eigenvalue weighted by Crippen LogP contribution is 2.40. The van der Waals surface area contributed by atoms with Crippen LogP contribution in [0.15, 0.2) is 29.2 Å². The Hall–Kier alpha value is -0.840. The number of nitrogens with one attached hydrogen (secondary N) is 1. The summed E-state index contributed by atoms with van der Waals surface area (Å²) >= 11 is -0.0738. The van der Waals surface area contributed by atoms with Gasteiger partial charge in [0, 0.05) is 16.6 Å². The van der Waals surface area contributed by atoms with Gasteiger partial charge < -0.3 is 5.32 Å². The Labute approximate surface area is 110 Å². The number of halogens is 3. The van der Waals surface area contributed by atoms with Gasteiger partial charge in [-0.05, 0) is 36.7 Å². The molecule has 18 heavy (non-hydrogen) atoms. The summed E-state index contributed by atoms with van der Waals surface area (Å²) in [7, 11) is 0. The number of hydrogen-bond donors (Lipinski definition) is 1. The van der Waals surface area contributed by atoms with Gasteiger partial charge in [0.2, 0.25) is 0 Å². The summed E-state index contributed by atoms with van der Waals surface area (Å²) < 4.78 is 37.3. The van der Waals surface area contributed by atoms with E-state index < -0.39 is 5.51 Å². The molecule has 0 fully saturated rings. The largest absolute Gasteiger partial charge is 0.446 e. The van der Waals surface area contributed by atoms with Gasteiger partial charge in [-0.15, -0.1) is 0 Å². The summed E-state index contributed by atoms with van der Waals surface area (Å²) in [6.45, 7) is 6.14. The molecular formula is C13H18F3NS. The number of benzene rings is 1. The second-order valence-corrected chi connectivity index (χ2v) is 5.47. The third-order valence-corrected chi connectivity index (χ3v) is 3.80. The van der Waals surface area contributed by atoms with Crippen molar-refractivity contribution in [3.63, 3.8) is 0 Å². The maximum atomic E-state index is 12.4. The summed E-state index contributed by atoms with van der Waals surface area (Å²) in [5, 5.41) is 3.16. The van der Waals surface area contributed by atoms with Crippen LogP contribution >= 0.6 is 11.8 Å². The van der Waals surface area contributed by atoms with Crippen molar-refractivity contribution in [1.29, 1.82) is 0 Å². The van der Waals surface area contributed by atoms with Gasteiger partial charge in [-0.2, -0.15) is 13.2 Å². The van der Waals surface area contributed by atoms with Crippen LogP contribution in [0.1, 0.15) is 27.2 Å². The molecule has 0 aliphatic carbocycles. The lowest BCUT2D eigenvalue weighted by Gasteiger charge is -2.22. The average Bonchev–Trinajstić information content (AvgIpc) is 2.28. The molecule has 1 nitrogen and oxygen atoms in total. The molecule has 102 valence electrons. The van der Waals surface area contributed by atoms with Crippen molar-refractivity contribution in [3.8, 4) is 0 Å². The molecule has 0 radical (unpaired) electrons. The molecular weight excluding hydrogens is 259 g/mol. The lowest BCUT2D eigenvalue weighted by molar-refractivity contribution is -0.0327. The smallest absolute Gasteiger partial charge is 0.381 e. The number of alkyl halides is 3. The SMILES string of the molecule is CCC(C)C(C)Nc1ccccc1SC(F)(F)F. The van der Waals surface area contributed by atoms with E-state index in [1.807, 2.05) is 6.92 Å². The Morgan fingerprint density at radius 3 is 2.39 bits per heavy atom. The highest BCUT2D eigenvalue weighted by atomic mass is 32.2. The molecule has 0 aromatic heterocycles. The van der Waals surface area contributed by atoms with Crippen molar-refractivity contribution in [2.45, 2.75) is 43.6 Å². The van der Waals surface area contributed by atoms with Gasteiger partial charge in [0.15, 0.2) is 0 Å². The second-order valence-electron chi connectivity index (χ2n) is 4.36. The van der Waals surface area contributed by atoms with Crippen molar-refractivity contribution in [3.05, 3.63) is 24.3 Å². The number of rotatable bonds is 5. The fourth-order valence-electron chi connectivity index (χ4n) is 1.54. The number of para-hydroxylation sites is 1. The molecule has 0 aliphatic rings. The molecule has 0 bridgehead atoms. The second kappa shape index (κ2) is 6.36. The molecule has 0 saturated heterocycles. The molecule has 0 spiro atoms. The van der Waals surface area contributed by atoms with Crippen LogP contribution in [0.25, 0.3) is 0 Å². The Morgan fingerprint density at radius 2 is 1.83 bits per heavy atom. The first-order chi connectivity index (χ1) is 8.33. The molecule has 0 amide bonds. The predicted molar refractivity (Wildman–Crippen MR) is 70.9 cm³/mol. The monoisotopic (exact) mass is 277 g/mol. The van der Waals surface area contributed by atoms with Gasteiger partial charge >= 0.3 is 5.51 Å². The topological polar surface area (TPSA) is 12.0 Å². The molecule has 2 atom stereocenters. The van der Waals surface area contributed by atoms with E-state index in [1.54, 1.807) is 18.2 Å². The van der Waals surface area contributed by atoms with E-state index in [4.69, 9.17) is 0 Å². The van der Waals surface area contributed by atoms with E-state index in [2.05, 4.69) is 19.2 Å². The zero-order chi connectivity index (χ0) is 13.8. The van der Waals surface area contributed by atoms with Gasteiger partial charge in [0.1, 0.15) is 0 Å². The maximum absolute atomic E-state index is 12.4. The molecule has 1 aromatic carbocycles. The molecule has 1 rings (SSSR count). The van der Waals surface area contributed by atoms with Gasteiger partial charge in [-0.25, -0.2) is 0 Å². The average molecular weight is 277 g/mol. The van der Waals surface area contributed by atoms with Gasteiger partial charge in [-0.1, -0.05) is 32.4 Å². The Bertz CT molecular complexity index is 379. The van der Waals surface area contributed by atoms with E-state index in [0.717, 1.165) is 6.42 Å². The first-order valence-corrected chi connectivity index (χ1v) is 6.76. The molecule has 5 heteroatoms. The minimum absolute atomic E-state index is 0.0738. The molecule has 1 N–H and O–H groups in total. The first-order valence-electron chi connectivity index (χ1n) is 5.94. The molecule has 2 unspecified atom stereocenters. The van der Waals surface area contributed by atoms with Gasteiger partial charge in [0.05, 0.1) is 0 Å². The normalized spacial score (nSPS) is 15.2. The van der Waals surface area contributed by atoms with Crippen LogP contribution in [0.4, 0.5) is 18.9 Å². The maximum Gasteiger partial charge on any atom is 0.446 e. The zero-order valence-electron chi connectivity index (χ0n) is 10.7. The highest BCUT2D eigenvalue weighted by molar-refractivity contribution is 8.00. The van der Waals surface area contributed by atoms with Crippen LogP contribution in [-0.2, 0) is 0 Å². The summed E-state index contributed by atoms with van der Waals surface area (Å²) in [6, 6.07) is 6.68. The highest BCUT2D eigenvalue weighted by Gasteiger charge is 2.30. The molecule has 0 aliphatic heterocycles. The Kier molecular flexibility index (Phi) is 5.38. The van der Waals surface area contributed by atoms with E-state index in [-0.39, 0.29) is 22.7 Å². The minimum Gasteiger partial charge on any atom is -0.381 e. The van der Waals surface area contributed by atoms with E-state index in [0.29, 0.717) is 11.6 Å². The van der Waals surface area contributed by atoms with Gasteiger partial charge in [-0.3, -0.25) is 0 Å². The van der Waals surface area contributed by atoms with Crippen molar-refractivity contribution in [2.24, 2.45) is 5.92 Å². The zero-order valence-corrected chi connectivity index (χ0v) is 11.5. The Balaban J connectivity index is 2.82. The van der Waals surface area contributed by atoms with Crippen molar-refractivity contribution in [2.75, 3.05) is 5.32 Å².